The Bertz CT molecular complexity index is 604. The van der Waals surface area contributed by atoms with Gasteiger partial charge in [-0.1, -0.05) is 15.9 Å². The summed E-state index contributed by atoms with van der Waals surface area (Å²) in [5.74, 6) is 0. The van der Waals surface area contributed by atoms with Crippen molar-refractivity contribution in [3.05, 3.63) is 40.1 Å². The summed E-state index contributed by atoms with van der Waals surface area (Å²) in [5, 5.41) is 11.2. The SMILES string of the molecule is Cc1nn(C)c(C)c1NC(=S)Nc1ccc(Br)cc1. The fourth-order valence-corrected chi connectivity index (χ4v) is 2.25. The standard InChI is InChI=1S/C13H15BrN4S/c1-8-12(9(2)18(3)17-8)16-13(19)15-11-6-4-10(14)5-7-11/h4-7H,1-3H3,(H2,15,16,19). The van der Waals surface area contributed by atoms with Crippen LogP contribution in [0.3, 0.4) is 0 Å². The molecular weight excluding hydrogens is 324 g/mol. The van der Waals surface area contributed by atoms with Crippen LogP contribution in [0.1, 0.15) is 11.4 Å². The molecule has 6 heteroatoms. The van der Waals surface area contributed by atoms with Gasteiger partial charge in [0.05, 0.1) is 17.1 Å². The fourth-order valence-electron chi connectivity index (χ4n) is 1.76. The van der Waals surface area contributed by atoms with Crippen molar-refractivity contribution in [3.63, 3.8) is 0 Å². The predicted molar refractivity (Wildman–Crippen MR) is 86.7 cm³/mol. The second kappa shape index (κ2) is 5.71. The highest BCUT2D eigenvalue weighted by Crippen LogP contribution is 2.19. The molecule has 0 spiro atoms. The number of aromatic nitrogens is 2. The van der Waals surface area contributed by atoms with Gasteiger partial charge in [0.1, 0.15) is 0 Å². The Morgan fingerprint density at radius 1 is 1.21 bits per heavy atom. The molecule has 1 heterocycles. The number of anilines is 2. The van der Waals surface area contributed by atoms with Crippen molar-refractivity contribution in [2.24, 2.45) is 7.05 Å². The largest absolute Gasteiger partial charge is 0.332 e. The number of rotatable bonds is 2. The van der Waals surface area contributed by atoms with Crippen LogP contribution in [0.4, 0.5) is 11.4 Å². The first-order chi connectivity index (χ1) is 8.97. The monoisotopic (exact) mass is 338 g/mol. The fraction of sp³-hybridized carbons (Fsp3) is 0.231. The summed E-state index contributed by atoms with van der Waals surface area (Å²) in [6.45, 7) is 3.96. The summed E-state index contributed by atoms with van der Waals surface area (Å²) in [7, 11) is 1.92. The molecule has 0 aliphatic carbocycles. The quantitative estimate of drug-likeness (QED) is 0.821. The molecule has 0 radical (unpaired) electrons. The highest BCUT2D eigenvalue weighted by atomic mass is 79.9. The van der Waals surface area contributed by atoms with E-state index in [1.807, 2.05) is 49.8 Å². The molecule has 100 valence electrons. The molecule has 2 N–H and O–H groups in total. The van der Waals surface area contributed by atoms with E-state index in [0.717, 1.165) is 27.2 Å². The first-order valence-electron chi connectivity index (χ1n) is 5.81. The number of thiocarbonyl (C=S) groups is 1. The Balaban J connectivity index is 2.07. The first kappa shape index (κ1) is 14.0. The van der Waals surface area contributed by atoms with Crippen LogP contribution in [0.5, 0.6) is 0 Å². The Kier molecular flexibility index (Phi) is 4.21. The molecule has 2 rings (SSSR count). The Hall–Kier alpha value is -1.40. The minimum Gasteiger partial charge on any atom is -0.332 e. The number of nitrogens with zero attached hydrogens (tertiary/aromatic N) is 2. The van der Waals surface area contributed by atoms with E-state index in [-0.39, 0.29) is 0 Å². The van der Waals surface area contributed by atoms with Gasteiger partial charge in [-0.25, -0.2) is 0 Å². The maximum Gasteiger partial charge on any atom is 0.175 e. The number of hydrogen-bond acceptors (Lipinski definition) is 2. The third-order valence-corrected chi connectivity index (χ3v) is 3.58. The second-order valence-corrected chi connectivity index (χ2v) is 5.58. The van der Waals surface area contributed by atoms with Crippen LogP contribution in [0, 0.1) is 13.8 Å². The molecule has 0 saturated heterocycles. The molecule has 0 saturated carbocycles. The predicted octanol–water partition coefficient (Wildman–Crippen LogP) is 3.61. The van der Waals surface area contributed by atoms with E-state index in [4.69, 9.17) is 12.2 Å². The molecule has 0 aliphatic heterocycles. The third kappa shape index (κ3) is 3.33. The van der Waals surface area contributed by atoms with Crippen LogP contribution in [0.15, 0.2) is 28.7 Å². The van der Waals surface area contributed by atoms with Gasteiger partial charge in [-0.3, -0.25) is 4.68 Å². The Morgan fingerprint density at radius 2 is 1.84 bits per heavy atom. The molecule has 0 aliphatic rings. The molecule has 1 aromatic carbocycles. The number of halogens is 1. The molecule has 0 fully saturated rings. The van der Waals surface area contributed by atoms with Gasteiger partial charge in [-0.2, -0.15) is 5.10 Å². The lowest BCUT2D eigenvalue weighted by Gasteiger charge is -2.11. The van der Waals surface area contributed by atoms with Crippen LogP contribution in [0.2, 0.25) is 0 Å². The van der Waals surface area contributed by atoms with Crippen molar-refractivity contribution in [2.45, 2.75) is 13.8 Å². The van der Waals surface area contributed by atoms with E-state index in [1.165, 1.54) is 0 Å². The van der Waals surface area contributed by atoms with Gasteiger partial charge >= 0.3 is 0 Å². The van der Waals surface area contributed by atoms with Crippen molar-refractivity contribution in [1.82, 2.24) is 9.78 Å². The topological polar surface area (TPSA) is 41.9 Å². The average Bonchev–Trinajstić information content (AvgIpc) is 2.59. The number of aryl methyl sites for hydroxylation is 2. The molecule has 0 bridgehead atoms. The minimum absolute atomic E-state index is 0.557. The number of hydrogen-bond donors (Lipinski definition) is 2. The maximum absolute atomic E-state index is 5.31. The highest BCUT2D eigenvalue weighted by molar-refractivity contribution is 9.10. The molecule has 1 aromatic heterocycles. The smallest absolute Gasteiger partial charge is 0.175 e. The summed E-state index contributed by atoms with van der Waals surface area (Å²) in [5.41, 5.74) is 3.88. The number of nitrogens with one attached hydrogen (secondary N) is 2. The van der Waals surface area contributed by atoms with Crippen molar-refractivity contribution in [3.8, 4) is 0 Å². The summed E-state index contributed by atoms with van der Waals surface area (Å²) in [6, 6.07) is 7.85. The maximum atomic E-state index is 5.31. The van der Waals surface area contributed by atoms with Gasteiger partial charge < -0.3 is 10.6 Å². The Labute approximate surface area is 126 Å². The van der Waals surface area contributed by atoms with Gasteiger partial charge in [-0.05, 0) is 50.3 Å². The van der Waals surface area contributed by atoms with Crippen molar-refractivity contribution in [1.29, 1.82) is 0 Å². The zero-order chi connectivity index (χ0) is 14.0. The van der Waals surface area contributed by atoms with Crippen molar-refractivity contribution >= 4 is 44.6 Å². The van der Waals surface area contributed by atoms with E-state index in [0.29, 0.717) is 5.11 Å². The van der Waals surface area contributed by atoms with Gasteiger partial charge in [0, 0.05) is 17.2 Å². The van der Waals surface area contributed by atoms with Crippen molar-refractivity contribution < 1.29 is 0 Å². The summed E-state index contributed by atoms with van der Waals surface area (Å²) >= 11 is 8.71. The van der Waals surface area contributed by atoms with E-state index >= 15 is 0 Å². The van der Waals surface area contributed by atoms with Gasteiger partial charge in [0.25, 0.3) is 0 Å². The molecule has 0 amide bonds. The molecule has 0 unspecified atom stereocenters. The first-order valence-corrected chi connectivity index (χ1v) is 7.01. The molecule has 0 atom stereocenters. The van der Waals surface area contributed by atoms with Gasteiger partial charge in [-0.15, -0.1) is 0 Å². The zero-order valence-electron chi connectivity index (χ0n) is 11.0. The Morgan fingerprint density at radius 3 is 2.37 bits per heavy atom. The van der Waals surface area contributed by atoms with Gasteiger partial charge in [0.2, 0.25) is 0 Å². The van der Waals surface area contributed by atoms with E-state index in [9.17, 15) is 0 Å². The van der Waals surface area contributed by atoms with E-state index in [1.54, 1.807) is 0 Å². The van der Waals surface area contributed by atoms with E-state index < -0.39 is 0 Å². The normalized spacial score (nSPS) is 10.3. The summed E-state index contributed by atoms with van der Waals surface area (Å²) in [4.78, 5) is 0. The molecule has 4 nitrogen and oxygen atoms in total. The highest BCUT2D eigenvalue weighted by Gasteiger charge is 2.10. The molecule has 19 heavy (non-hydrogen) atoms. The van der Waals surface area contributed by atoms with E-state index in [2.05, 4.69) is 31.7 Å². The van der Waals surface area contributed by atoms with Crippen LogP contribution < -0.4 is 10.6 Å². The average molecular weight is 339 g/mol. The number of benzene rings is 1. The molecule has 2 aromatic rings. The third-order valence-electron chi connectivity index (χ3n) is 2.85. The van der Waals surface area contributed by atoms with Crippen LogP contribution in [-0.2, 0) is 7.05 Å². The van der Waals surface area contributed by atoms with Gasteiger partial charge in [0.15, 0.2) is 5.11 Å². The van der Waals surface area contributed by atoms with Crippen molar-refractivity contribution in [2.75, 3.05) is 10.6 Å². The lowest BCUT2D eigenvalue weighted by molar-refractivity contribution is 0.731. The molecular formula is C13H15BrN4S. The van der Waals surface area contributed by atoms with Crippen LogP contribution in [0.25, 0.3) is 0 Å². The van der Waals surface area contributed by atoms with Crippen LogP contribution in [-0.4, -0.2) is 14.9 Å². The van der Waals surface area contributed by atoms with Crippen LogP contribution >= 0.6 is 28.1 Å². The lowest BCUT2D eigenvalue weighted by atomic mass is 10.3. The second-order valence-electron chi connectivity index (χ2n) is 4.26. The summed E-state index contributed by atoms with van der Waals surface area (Å²) < 4.78 is 2.87. The minimum atomic E-state index is 0.557. The zero-order valence-corrected chi connectivity index (χ0v) is 13.4. The summed E-state index contributed by atoms with van der Waals surface area (Å²) in [6.07, 6.45) is 0. The lowest BCUT2D eigenvalue weighted by Crippen LogP contribution is -2.19.